The van der Waals surface area contributed by atoms with E-state index in [0.29, 0.717) is 5.75 Å². The van der Waals surface area contributed by atoms with Crippen LogP contribution in [-0.4, -0.2) is 57.1 Å². The molecule has 3 rings (SSSR count). The molecule has 1 aliphatic carbocycles. The van der Waals surface area contributed by atoms with Crippen LogP contribution in [-0.2, 0) is 26.2 Å². The highest BCUT2D eigenvalue weighted by Gasteiger charge is 2.32. The Hall–Kier alpha value is -2.49. The minimum atomic E-state index is -3.91. The zero-order valence-corrected chi connectivity index (χ0v) is 22.9. The standard InChI is InChI=1S/C25H31Cl2N3O5S/c1-17(25(32)28-20-6-4-5-7-20)29(15-18-8-11-21(35-2)12-9-18)24(31)16-30(36(3,33)34)23-14-19(26)10-13-22(23)27/h8-14,17,20H,4-7,15-16H2,1-3H3,(H,28,32)/t17-/m0/s1. The van der Waals surface area contributed by atoms with E-state index in [1.165, 1.54) is 23.1 Å². The van der Waals surface area contributed by atoms with Crippen LogP contribution in [0.2, 0.25) is 10.0 Å². The average Bonchev–Trinajstić information content (AvgIpc) is 3.34. The second-order valence-corrected chi connectivity index (χ2v) is 11.7. The summed E-state index contributed by atoms with van der Waals surface area (Å²) in [5.74, 6) is -0.181. The van der Waals surface area contributed by atoms with Crippen molar-refractivity contribution in [2.75, 3.05) is 24.2 Å². The second kappa shape index (κ2) is 12.2. The number of rotatable bonds is 10. The van der Waals surface area contributed by atoms with Crippen LogP contribution >= 0.6 is 23.2 Å². The first-order valence-electron chi connectivity index (χ1n) is 11.6. The monoisotopic (exact) mass is 555 g/mol. The predicted molar refractivity (Wildman–Crippen MR) is 142 cm³/mol. The first-order chi connectivity index (χ1) is 17.0. The number of sulfonamides is 1. The molecule has 36 heavy (non-hydrogen) atoms. The molecular weight excluding hydrogens is 525 g/mol. The third-order valence-electron chi connectivity index (χ3n) is 6.24. The zero-order chi connectivity index (χ0) is 26.5. The summed E-state index contributed by atoms with van der Waals surface area (Å²) >= 11 is 12.3. The van der Waals surface area contributed by atoms with Gasteiger partial charge in [0.05, 0.1) is 24.1 Å². The van der Waals surface area contributed by atoms with E-state index in [-0.39, 0.29) is 34.2 Å². The van der Waals surface area contributed by atoms with Crippen molar-refractivity contribution in [1.82, 2.24) is 10.2 Å². The summed E-state index contributed by atoms with van der Waals surface area (Å²) in [5.41, 5.74) is 0.851. The van der Waals surface area contributed by atoms with E-state index in [1.54, 1.807) is 38.3 Å². The summed E-state index contributed by atoms with van der Waals surface area (Å²) in [6.07, 6.45) is 4.90. The number of halogens is 2. The molecule has 1 saturated carbocycles. The Balaban J connectivity index is 1.90. The quantitative estimate of drug-likeness (QED) is 0.472. The molecule has 0 bridgehead atoms. The van der Waals surface area contributed by atoms with Gasteiger partial charge in [-0.05, 0) is 55.7 Å². The highest BCUT2D eigenvalue weighted by atomic mass is 35.5. The third kappa shape index (κ3) is 7.27. The molecular formula is C25H31Cl2N3O5S. The zero-order valence-electron chi connectivity index (χ0n) is 20.5. The number of hydrogen-bond acceptors (Lipinski definition) is 5. The van der Waals surface area contributed by atoms with Gasteiger partial charge in [-0.15, -0.1) is 0 Å². The number of amides is 2. The van der Waals surface area contributed by atoms with Gasteiger partial charge in [0.2, 0.25) is 21.8 Å². The predicted octanol–water partition coefficient (Wildman–Crippen LogP) is 4.24. The number of benzene rings is 2. The van der Waals surface area contributed by atoms with Crippen molar-refractivity contribution in [1.29, 1.82) is 0 Å². The normalized spacial score (nSPS) is 14.8. The molecule has 1 N–H and O–H groups in total. The van der Waals surface area contributed by atoms with E-state index in [4.69, 9.17) is 27.9 Å². The molecule has 8 nitrogen and oxygen atoms in total. The molecule has 1 atom stereocenters. The van der Waals surface area contributed by atoms with Crippen LogP contribution in [0.15, 0.2) is 42.5 Å². The molecule has 1 fully saturated rings. The van der Waals surface area contributed by atoms with Crippen molar-refractivity contribution in [3.63, 3.8) is 0 Å². The SMILES string of the molecule is COc1ccc(CN(C(=O)CN(c2cc(Cl)ccc2Cl)S(C)(=O)=O)[C@@H](C)C(=O)NC2CCCC2)cc1. The fourth-order valence-electron chi connectivity index (χ4n) is 4.17. The fraction of sp³-hybridized carbons (Fsp3) is 0.440. The Morgan fingerprint density at radius 1 is 1.11 bits per heavy atom. The van der Waals surface area contributed by atoms with Gasteiger partial charge in [-0.1, -0.05) is 48.2 Å². The largest absolute Gasteiger partial charge is 0.497 e. The minimum Gasteiger partial charge on any atom is -0.497 e. The maximum Gasteiger partial charge on any atom is 0.244 e. The van der Waals surface area contributed by atoms with Gasteiger partial charge in [-0.3, -0.25) is 13.9 Å². The molecule has 2 aromatic rings. The molecule has 0 aliphatic heterocycles. The van der Waals surface area contributed by atoms with Gasteiger partial charge in [0, 0.05) is 17.6 Å². The molecule has 0 radical (unpaired) electrons. The molecule has 0 saturated heterocycles. The van der Waals surface area contributed by atoms with Crippen LogP contribution < -0.4 is 14.4 Å². The van der Waals surface area contributed by atoms with Gasteiger partial charge in [-0.25, -0.2) is 8.42 Å². The van der Waals surface area contributed by atoms with Crippen molar-refractivity contribution in [2.24, 2.45) is 0 Å². The molecule has 196 valence electrons. The number of carbonyl (C=O) groups is 2. The number of ether oxygens (including phenoxy) is 1. The summed E-state index contributed by atoms with van der Waals surface area (Å²) < 4.78 is 31.5. The summed E-state index contributed by atoms with van der Waals surface area (Å²) in [4.78, 5) is 28.1. The Morgan fingerprint density at radius 3 is 2.33 bits per heavy atom. The van der Waals surface area contributed by atoms with Gasteiger partial charge < -0.3 is 15.0 Å². The lowest BCUT2D eigenvalue weighted by molar-refractivity contribution is -0.139. The highest BCUT2D eigenvalue weighted by Crippen LogP contribution is 2.31. The summed E-state index contributed by atoms with van der Waals surface area (Å²) in [6.45, 7) is 1.20. The number of nitrogens with one attached hydrogen (secondary N) is 1. The second-order valence-electron chi connectivity index (χ2n) is 8.90. The summed E-state index contributed by atoms with van der Waals surface area (Å²) in [7, 11) is -2.35. The maximum absolute atomic E-state index is 13.6. The molecule has 2 amide bonds. The van der Waals surface area contributed by atoms with Crippen LogP contribution in [0, 0.1) is 0 Å². The lowest BCUT2D eigenvalue weighted by atomic mass is 10.1. The smallest absolute Gasteiger partial charge is 0.244 e. The van der Waals surface area contributed by atoms with Gasteiger partial charge >= 0.3 is 0 Å². The van der Waals surface area contributed by atoms with Gasteiger partial charge in [0.15, 0.2) is 0 Å². The minimum absolute atomic E-state index is 0.0793. The van der Waals surface area contributed by atoms with Crippen LogP contribution in [0.1, 0.15) is 38.2 Å². The van der Waals surface area contributed by atoms with Gasteiger partial charge in [0.1, 0.15) is 18.3 Å². The number of methoxy groups -OCH3 is 1. The van der Waals surface area contributed by atoms with Gasteiger partial charge in [0.25, 0.3) is 0 Å². The molecule has 2 aromatic carbocycles. The molecule has 0 heterocycles. The fourth-order valence-corrected chi connectivity index (χ4v) is 5.46. The van der Waals surface area contributed by atoms with Crippen LogP contribution in [0.25, 0.3) is 0 Å². The lowest BCUT2D eigenvalue weighted by Gasteiger charge is -2.32. The molecule has 0 spiro atoms. The molecule has 0 unspecified atom stereocenters. The Bertz CT molecular complexity index is 1180. The van der Waals surface area contributed by atoms with Crippen LogP contribution in [0.3, 0.4) is 0 Å². The Kier molecular flexibility index (Phi) is 9.49. The van der Waals surface area contributed by atoms with E-state index < -0.39 is 28.5 Å². The molecule has 11 heteroatoms. The van der Waals surface area contributed by atoms with E-state index in [9.17, 15) is 18.0 Å². The van der Waals surface area contributed by atoms with Crippen molar-refractivity contribution < 1.29 is 22.7 Å². The van der Waals surface area contributed by atoms with Crippen LogP contribution in [0.4, 0.5) is 5.69 Å². The summed E-state index contributed by atoms with van der Waals surface area (Å²) in [5, 5.41) is 3.43. The Labute approximate surface area is 222 Å². The molecule has 0 aromatic heterocycles. The first-order valence-corrected chi connectivity index (χ1v) is 14.3. The maximum atomic E-state index is 13.6. The average molecular weight is 557 g/mol. The third-order valence-corrected chi connectivity index (χ3v) is 7.92. The number of carbonyl (C=O) groups excluding carboxylic acids is 2. The van der Waals surface area contributed by atoms with Gasteiger partial charge in [-0.2, -0.15) is 0 Å². The topological polar surface area (TPSA) is 96.0 Å². The number of hydrogen-bond donors (Lipinski definition) is 1. The highest BCUT2D eigenvalue weighted by molar-refractivity contribution is 7.92. The number of nitrogens with zero attached hydrogens (tertiary/aromatic N) is 2. The van der Waals surface area contributed by atoms with E-state index >= 15 is 0 Å². The van der Waals surface area contributed by atoms with E-state index in [2.05, 4.69) is 5.32 Å². The van der Waals surface area contributed by atoms with Crippen molar-refractivity contribution in [3.8, 4) is 5.75 Å². The molecule has 1 aliphatic rings. The van der Waals surface area contributed by atoms with Crippen molar-refractivity contribution >= 4 is 50.7 Å². The lowest BCUT2D eigenvalue weighted by Crippen LogP contribution is -2.52. The van der Waals surface area contributed by atoms with Crippen LogP contribution in [0.5, 0.6) is 5.75 Å². The summed E-state index contributed by atoms with van der Waals surface area (Å²) in [6, 6.07) is 10.7. The van der Waals surface area contributed by atoms with Crippen molar-refractivity contribution in [3.05, 3.63) is 58.1 Å². The number of anilines is 1. The van der Waals surface area contributed by atoms with Crippen molar-refractivity contribution in [2.45, 2.75) is 51.2 Å². The van der Waals surface area contributed by atoms with E-state index in [1.807, 2.05) is 0 Å². The Morgan fingerprint density at radius 2 is 1.75 bits per heavy atom. The van der Waals surface area contributed by atoms with E-state index in [0.717, 1.165) is 41.8 Å². The first kappa shape index (κ1) is 28.1.